The fourth-order valence-corrected chi connectivity index (χ4v) is 0.687. The second-order valence-electron chi connectivity index (χ2n) is 2.21. The van der Waals surface area contributed by atoms with Gasteiger partial charge in [-0.15, -0.1) is 0 Å². The Labute approximate surface area is 65.4 Å². The average molecular weight is 162 g/mol. The van der Waals surface area contributed by atoms with Gasteiger partial charge in [-0.1, -0.05) is 0 Å². The van der Waals surface area contributed by atoms with Crippen LogP contribution in [0.1, 0.15) is 6.92 Å². The first kappa shape index (κ1) is 10.2. The standard InChI is InChI=1S/C6H14N2O3/c1-2-8(6(7)11)3-5(10)4-9/h5,9-10H,2-4H2,1H3,(H2,7,11). The molecule has 0 aliphatic carbocycles. The molecule has 4 N–H and O–H groups in total. The van der Waals surface area contributed by atoms with Crippen LogP contribution in [0.25, 0.3) is 0 Å². The Morgan fingerprint density at radius 3 is 2.55 bits per heavy atom. The van der Waals surface area contributed by atoms with Crippen molar-refractivity contribution in [1.82, 2.24) is 4.90 Å². The highest BCUT2D eigenvalue weighted by atomic mass is 16.3. The number of amides is 2. The van der Waals surface area contributed by atoms with E-state index in [0.29, 0.717) is 6.54 Å². The first-order chi connectivity index (χ1) is 5.11. The lowest BCUT2D eigenvalue weighted by atomic mass is 10.3. The van der Waals surface area contributed by atoms with Crippen LogP contribution in [0.5, 0.6) is 0 Å². The molecule has 0 aromatic rings. The molecule has 0 heterocycles. The number of aliphatic hydroxyl groups excluding tert-OH is 2. The number of urea groups is 1. The summed E-state index contributed by atoms with van der Waals surface area (Å²) in [6, 6.07) is -0.583. The number of carbonyl (C=O) groups excluding carboxylic acids is 1. The number of nitrogens with two attached hydrogens (primary N) is 1. The van der Waals surface area contributed by atoms with E-state index in [0.717, 1.165) is 0 Å². The summed E-state index contributed by atoms with van der Waals surface area (Å²) in [6.07, 6.45) is -0.901. The minimum atomic E-state index is -0.901. The lowest BCUT2D eigenvalue weighted by Gasteiger charge is -2.20. The molecular weight excluding hydrogens is 148 g/mol. The van der Waals surface area contributed by atoms with Gasteiger partial charge in [-0.2, -0.15) is 0 Å². The van der Waals surface area contributed by atoms with Crippen LogP contribution >= 0.6 is 0 Å². The number of hydrogen-bond acceptors (Lipinski definition) is 3. The Hall–Kier alpha value is -0.810. The summed E-state index contributed by atoms with van der Waals surface area (Å²) < 4.78 is 0. The van der Waals surface area contributed by atoms with Gasteiger partial charge in [-0.3, -0.25) is 0 Å². The first-order valence-electron chi connectivity index (χ1n) is 3.45. The van der Waals surface area contributed by atoms with Gasteiger partial charge in [-0.25, -0.2) is 4.79 Å². The third-order valence-electron chi connectivity index (χ3n) is 1.34. The van der Waals surface area contributed by atoms with Crippen LogP contribution in [0.15, 0.2) is 0 Å². The molecule has 0 aromatic carbocycles. The Kier molecular flexibility index (Phi) is 4.56. The summed E-state index contributed by atoms with van der Waals surface area (Å²) in [4.78, 5) is 11.8. The second kappa shape index (κ2) is 4.92. The lowest BCUT2D eigenvalue weighted by Crippen LogP contribution is -2.41. The first-order valence-corrected chi connectivity index (χ1v) is 3.45. The maximum absolute atomic E-state index is 10.5. The van der Waals surface area contributed by atoms with E-state index < -0.39 is 12.1 Å². The third-order valence-corrected chi connectivity index (χ3v) is 1.34. The van der Waals surface area contributed by atoms with Crippen molar-refractivity contribution in [3.63, 3.8) is 0 Å². The monoisotopic (exact) mass is 162 g/mol. The fourth-order valence-electron chi connectivity index (χ4n) is 0.687. The molecule has 0 aromatic heterocycles. The Morgan fingerprint density at radius 1 is 1.73 bits per heavy atom. The highest BCUT2D eigenvalue weighted by Gasteiger charge is 2.11. The zero-order valence-electron chi connectivity index (χ0n) is 6.53. The van der Waals surface area contributed by atoms with E-state index in [1.165, 1.54) is 4.90 Å². The number of hydrogen-bond donors (Lipinski definition) is 3. The van der Waals surface area contributed by atoms with Crippen LogP contribution in [-0.2, 0) is 0 Å². The van der Waals surface area contributed by atoms with E-state index in [1.807, 2.05) is 0 Å². The number of nitrogens with zero attached hydrogens (tertiary/aromatic N) is 1. The maximum Gasteiger partial charge on any atom is 0.314 e. The molecule has 0 spiro atoms. The normalized spacial score (nSPS) is 12.6. The number of primary amides is 1. The van der Waals surface area contributed by atoms with Crippen molar-refractivity contribution in [3.05, 3.63) is 0 Å². The molecule has 0 aliphatic heterocycles. The van der Waals surface area contributed by atoms with E-state index in [2.05, 4.69) is 0 Å². The van der Waals surface area contributed by atoms with Crippen molar-refractivity contribution in [3.8, 4) is 0 Å². The number of rotatable bonds is 4. The Bertz CT molecular complexity index is 129. The van der Waals surface area contributed by atoms with Crippen LogP contribution in [0.2, 0.25) is 0 Å². The van der Waals surface area contributed by atoms with Crippen LogP contribution < -0.4 is 5.73 Å². The van der Waals surface area contributed by atoms with Crippen LogP contribution in [0, 0.1) is 0 Å². The van der Waals surface area contributed by atoms with Crippen molar-refractivity contribution in [1.29, 1.82) is 0 Å². The molecule has 1 atom stereocenters. The van der Waals surface area contributed by atoms with E-state index in [4.69, 9.17) is 15.9 Å². The molecule has 1 unspecified atom stereocenters. The predicted molar refractivity (Wildman–Crippen MR) is 39.9 cm³/mol. The van der Waals surface area contributed by atoms with Crippen LogP contribution in [-0.4, -0.2) is 46.9 Å². The van der Waals surface area contributed by atoms with Crippen molar-refractivity contribution in [2.75, 3.05) is 19.7 Å². The summed E-state index contributed by atoms with van der Waals surface area (Å²) >= 11 is 0. The SMILES string of the molecule is CCN(CC(O)CO)C(N)=O. The predicted octanol–water partition coefficient (Wildman–Crippen LogP) is -1.26. The average Bonchev–Trinajstić information content (AvgIpc) is 1.99. The molecule has 5 nitrogen and oxygen atoms in total. The van der Waals surface area contributed by atoms with Crippen LogP contribution in [0.3, 0.4) is 0 Å². The molecule has 0 fully saturated rings. The van der Waals surface area contributed by atoms with Crippen molar-refractivity contribution in [2.24, 2.45) is 5.73 Å². The van der Waals surface area contributed by atoms with Gasteiger partial charge in [0.1, 0.15) is 0 Å². The topological polar surface area (TPSA) is 86.8 Å². The number of carbonyl (C=O) groups is 1. The second-order valence-corrected chi connectivity index (χ2v) is 2.21. The summed E-state index contributed by atoms with van der Waals surface area (Å²) in [7, 11) is 0. The minimum Gasteiger partial charge on any atom is -0.394 e. The van der Waals surface area contributed by atoms with Gasteiger partial charge in [0.05, 0.1) is 19.3 Å². The Morgan fingerprint density at radius 2 is 2.27 bits per heavy atom. The van der Waals surface area contributed by atoms with Gasteiger partial charge in [0.25, 0.3) is 0 Å². The zero-order chi connectivity index (χ0) is 8.85. The fraction of sp³-hybridized carbons (Fsp3) is 0.833. The summed E-state index contributed by atoms with van der Waals surface area (Å²) in [6.45, 7) is 1.91. The molecule has 2 amide bonds. The van der Waals surface area contributed by atoms with Gasteiger partial charge in [0, 0.05) is 6.54 Å². The Balaban J connectivity index is 3.77. The summed E-state index contributed by atoms with van der Waals surface area (Å²) in [5, 5.41) is 17.3. The smallest absolute Gasteiger partial charge is 0.314 e. The minimum absolute atomic E-state index is 0.0856. The molecule has 0 radical (unpaired) electrons. The van der Waals surface area contributed by atoms with Gasteiger partial charge in [0.2, 0.25) is 0 Å². The quantitative estimate of drug-likeness (QED) is 0.482. The molecule has 0 aliphatic rings. The van der Waals surface area contributed by atoms with Gasteiger partial charge in [-0.05, 0) is 6.92 Å². The van der Waals surface area contributed by atoms with E-state index >= 15 is 0 Å². The number of aliphatic hydroxyl groups is 2. The van der Waals surface area contributed by atoms with E-state index in [1.54, 1.807) is 6.92 Å². The molecule has 5 heteroatoms. The highest BCUT2D eigenvalue weighted by Crippen LogP contribution is 1.90. The molecule has 0 saturated carbocycles. The van der Waals surface area contributed by atoms with Crippen molar-refractivity contribution in [2.45, 2.75) is 13.0 Å². The van der Waals surface area contributed by atoms with Gasteiger partial charge in [0.15, 0.2) is 0 Å². The molecule has 0 bridgehead atoms. The molecule has 0 saturated heterocycles. The third kappa shape index (κ3) is 3.79. The lowest BCUT2D eigenvalue weighted by molar-refractivity contribution is 0.0701. The zero-order valence-corrected chi connectivity index (χ0v) is 6.53. The van der Waals surface area contributed by atoms with Crippen molar-refractivity contribution < 1.29 is 15.0 Å². The molecule has 11 heavy (non-hydrogen) atoms. The van der Waals surface area contributed by atoms with Crippen molar-refractivity contribution >= 4 is 6.03 Å². The maximum atomic E-state index is 10.5. The van der Waals surface area contributed by atoms with Crippen LogP contribution in [0.4, 0.5) is 4.79 Å². The molecule has 66 valence electrons. The summed E-state index contributed by atoms with van der Waals surface area (Å²) in [5.74, 6) is 0. The molecule has 0 rings (SSSR count). The van der Waals surface area contributed by atoms with Gasteiger partial charge >= 0.3 is 6.03 Å². The summed E-state index contributed by atoms with van der Waals surface area (Å²) in [5.41, 5.74) is 4.94. The largest absolute Gasteiger partial charge is 0.394 e. The highest BCUT2D eigenvalue weighted by molar-refractivity contribution is 5.71. The number of likely N-dealkylation sites (N-methyl/N-ethyl adjacent to an activating group) is 1. The molecular formula is C6H14N2O3. The van der Waals surface area contributed by atoms with E-state index in [9.17, 15) is 4.79 Å². The van der Waals surface area contributed by atoms with E-state index in [-0.39, 0.29) is 13.2 Å². The van der Waals surface area contributed by atoms with Gasteiger partial charge < -0.3 is 20.8 Å².